The van der Waals surface area contributed by atoms with Crippen LogP contribution in [0.2, 0.25) is 19.6 Å². The molecule has 0 rings (SSSR count). The van der Waals surface area contributed by atoms with E-state index in [1.807, 2.05) is 34.6 Å². The maximum absolute atomic E-state index is 12.8. The molecule has 0 aliphatic carbocycles. The minimum absolute atomic E-state index is 0.0987. The highest BCUT2D eigenvalue weighted by Crippen LogP contribution is 2.50. The lowest BCUT2D eigenvalue weighted by atomic mass is 10.5. The Morgan fingerprint density at radius 1 is 1.10 bits per heavy atom. The highest BCUT2D eigenvalue weighted by molar-refractivity contribution is 7.54. The van der Waals surface area contributed by atoms with E-state index in [0.717, 1.165) is 0 Å². The first kappa shape index (κ1) is 19.8. The van der Waals surface area contributed by atoms with Crippen molar-refractivity contribution in [2.45, 2.75) is 66.5 Å². The fourth-order valence-corrected chi connectivity index (χ4v) is 4.56. The van der Waals surface area contributed by atoms with E-state index < -0.39 is 15.8 Å². The average molecular weight is 323 g/mol. The summed E-state index contributed by atoms with van der Waals surface area (Å²) in [6, 6.07) is 0. The zero-order valence-corrected chi connectivity index (χ0v) is 16.0. The summed E-state index contributed by atoms with van der Waals surface area (Å²) in [5, 5.41) is 0. The third-order valence-electron chi connectivity index (χ3n) is 1.84. The van der Waals surface area contributed by atoms with Gasteiger partial charge in [0.1, 0.15) is 6.16 Å². The summed E-state index contributed by atoms with van der Waals surface area (Å²) in [5.74, 6) is 0.483. The van der Waals surface area contributed by atoms with Gasteiger partial charge in [0.15, 0.2) is 14.1 Å². The minimum Gasteiger partial charge on any atom is -0.481 e. The topological polar surface area (TPSA) is 57.1 Å². The third-order valence-corrected chi connectivity index (χ3v) is 4.91. The summed E-state index contributed by atoms with van der Waals surface area (Å²) in [6.45, 7) is 16.0. The van der Waals surface area contributed by atoms with E-state index in [2.05, 4.69) is 24.3 Å². The third kappa shape index (κ3) is 9.70. The highest BCUT2D eigenvalue weighted by Gasteiger charge is 2.31. The molecule has 0 spiro atoms. The van der Waals surface area contributed by atoms with Crippen molar-refractivity contribution in [2.24, 2.45) is 4.66 Å². The summed E-state index contributed by atoms with van der Waals surface area (Å²) in [6.07, 6.45) is -0.245. The molecule has 0 aromatic carbocycles. The van der Waals surface area contributed by atoms with Crippen LogP contribution in [0.15, 0.2) is 4.66 Å². The van der Waals surface area contributed by atoms with Crippen molar-refractivity contribution >= 4 is 21.7 Å². The molecule has 0 atom stereocenters. The molecule has 0 aliphatic heterocycles. The second kappa shape index (κ2) is 8.32. The van der Waals surface area contributed by atoms with Gasteiger partial charge in [-0.15, -0.1) is 0 Å². The number of hydrogen-bond acceptors (Lipinski definition) is 5. The van der Waals surface area contributed by atoms with E-state index in [1.54, 1.807) is 0 Å². The molecular weight excluding hydrogens is 293 g/mol. The smallest absolute Gasteiger partial charge is 0.340 e. The molecule has 0 aromatic rings. The summed E-state index contributed by atoms with van der Waals surface area (Å²) >= 11 is 0. The standard InChI is InChI=1S/C13H30NO4PSi/c1-9-16-13(14-20(6,7)8)10-19(15,17-11(2)3)18-12(4)5/h11-12H,9-10H2,1-8H3. The van der Waals surface area contributed by atoms with Gasteiger partial charge in [-0.1, -0.05) is 0 Å². The molecule has 0 radical (unpaired) electrons. The largest absolute Gasteiger partial charge is 0.481 e. The number of hydrogen-bond donors (Lipinski definition) is 0. The van der Waals surface area contributed by atoms with E-state index >= 15 is 0 Å². The van der Waals surface area contributed by atoms with Crippen LogP contribution in [0.25, 0.3) is 0 Å². The molecule has 20 heavy (non-hydrogen) atoms. The molecule has 0 saturated carbocycles. The van der Waals surface area contributed by atoms with Crippen LogP contribution in [0.4, 0.5) is 0 Å². The van der Waals surface area contributed by atoms with Gasteiger partial charge >= 0.3 is 7.60 Å². The van der Waals surface area contributed by atoms with E-state index in [-0.39, 0.29) is 18.4 Å². The van der Waals surface area contributed by atoms with E-state index in [9.17, 15) is 4.57 Å². The second-order valence-corrected chi connectivity index (χ2v) is 12.7. The van der Waals surface area contributed by atoms with Crippen molar-refractivity contribution in [3.8, 4) is 0 Å². The van der Waals surface area contributed by atoms with E-state index in [4.69, 9.17) is 13.8 Å². The molecule has 0 N–H and O–H groups in total. The summed E-state index contributed by atoms with van der Waals surface area (Å²) in [5.41, 5.74) is 0. The summed E-state index contributed by atoms with van der Waals surface area (Å²) in [4.78, 5) is 0. The van der Waals surface area contributed by atoms with E-state index in [0.29, 0.717) is 12.5 Å². The van der Waals surface area contributed by atoms with Crippen LogP contribution < -0.4 is 0 Å². The lowest BCUT2D eigenvalue weighted by molar-refractivity contribution is 0.144. The fourth-order valence-electron chi connectivity index (χ4n) is 1.56. The second-order valence-electron chi connectivity index (χ2n) is 6.19. The van der Waals surface area contributed by atoms with Gasteiger partial charge in [0, 0.05) is 0 Å². The molecule has 0 aliphatic rings. The molecule has 0 amide bonds. The predicted octanol–water partition coefficient (Wildman–Crippen LogP) is 4.30. The van der Waals surface area contributed by atoms with Gasteiger partial charge in [0.2, 0.25) is 0 Å². The Balaban J connectivity index is 5.18. The Labute approximate surface area is 124 Å². The molecule has 7 heteroatoms. The van der Waals surface area contributed by atoms with Crippen LogP contribution >= 0.6 is 7.60 Å². The van der Waals surface area contributed by atoms with Crippen molar-refractivity contribution in [3.05, 3.63) is 0 Å². The lowest BCUT2D eigenvalue weighted by Gasteiger charge is -2.24. The molecule has 120 valence electrons. The quantitative estimate of drug-likeness (QED) is 0.289. The monoisotopic (exact) mass is 323 g/mol. The van der Waals surface area contributed by atoms with Crippen LogP contribution in [0, 0.1) is 0 Å². The predicted molar refractivity (Wildman–Crippen MR) is 87.3 cm³/mol. The summed E-state index contributed by atoms with van der Waals surface area (Å²) in [7, 11) is -4.94. The first-order valence-corrected chi connectivity index (χ1v) is 12.3. The van der Waals surface area contributed by atoms with E-state index in [1.165, 1.54) is 0 Å². The Hall–Kier alpha value is -0.163. The SMILES string of the molecule is CCOC(CP(=O)(OC(C)C)OC(C)C)=N[Si](C)(C)C. The maximum Gasteiger partial charge on any atom is 0.340 e. The van der Waals surface area contributed by atoms with Gasteiger partial charge < -0.3 is 13.8 Å². The van der Waals surface area contributed by atoms with Gasteiger partial charge in [-0.3, -0.25) is 9.22 Å². The van der Waals surface area contributed by atoms with Crippen LogP contribution in [-0.4, -0.2) is 39.1 Å². The Bertz CT molecular complexity index is 350. The number of nitrogens with zero attached hydrogens (tertiary/aromatic N) is 1. The first-order valence-electron chi connectivity index (χ1n) is 7.15. The molecule has 0 unspecified atom stereocenters. The van der Waals surface area contributed by atoms with Gasteiger partial charge in [-0.2, -0.15) is 0 Å². The van der Waals surface area contributed by atoms with Crippen LogP contribution in [0.3, 0.4) is 0 Å². The normalized spacial score (nSPS) is 14.2. The van der Waals surface area contributed by atoms with Gasteiger partial charge in [0.25, 0.3) is 0 Å². The first-order chi connectivity index (χ1) is 8.97. The van der Waals surface area contributed by atoms with Gasteiger partial charge in [-0.25, -0.2) is 0 Å². The van der Waals surface area contributed by atoms with Crippen molar-refractivity contribution in [1.82, 2.24) is 0 Å². The van der Waals surface area contributed by atoms with Crippen molar-refractivity contribution in [2.75, 3.05) is 12.8 Å². The maximum atomic E-state index is 12.8. The zero-order valence-electron chi connectivity index (χ0n) is 14.1. The number of rotatable bonds is 8. The fraction of sp³-hybridized carbons (Fsp3) is 0.923. The molecular formula is C13H30NO4PSi. The van der Waals surface area contributed by atoms with Crippen LogP contribution in [0.1, 0.15) is 34.6 Å². The van der Waals surface area contributed by atoms with Crippen molar-refractivity contribution in [1.29, 1.82) is 0 Å². The minimum atomic E-state index is -3.24. The van der Waals surface area contributed by atoms with Crippen LogP contribution in [-0.2, 0) is 18.3 Å². The lowest BCUT2D eigenvalue weighted by Crippen LogP contribution is -2.24. The van der Waals surface area contributed by atoms with Crippen molar-refractivity contribution in [3.63, 3.8) is 0 Å². The average Bonchev–Trinajstić information content (AvgIpc) is 2.10. The highest BCUT2D eigenvalue weighted by atomic mass is 31.2. The molecule has 0 fully saturated rings. The summed E-state index contributed by atoms with van der Waals surface area (Å²) < 4.78 is 34.0. The number of ether oxygens (including phenoxy) is 1. The molecule has 0 bridgehead atoms. The molecule has 0 heterocycles. The Morgan fingerprint density at radius 3 is 1.85 bits per heavy atom. The zero-order chi connectivity index (χ0) is 16.0. The Kier molecular flexibility index (Phi) is 8.25. The van der Waals surface area contributed by atoms with Gasteiger partial charge in [0.05, 0.1) is 18.8 Å². The molecule has 0 saturated heterocycles. The van der Waals surface area contributed by atoms with Crippen LogP contribution in [0.5, 0.6) is 0 Å². The molecule has 0 aromatic heterocycles. The van der Waals surface area contributed by atoms with Crippen molar-refractivity contribution < 1.29 is 18.3 Å². The van der Waals surface area contributed by atoms with Gasteiger partial charge in [-0.05, 0) is 54.3 Å². The molecule has 5 nitrogen and oxygen atoms in total. The Morgan fingerprint density at radius 2 is 1.55 bits per heavy atom.